The number of carboxylic acids is 1. The average Bonchev–Trinajstić information content (AvgIpc) is 2.65. The smallest absolute Gasteiger partial charge is 0.327 e. The fourth-order valence-electron chi connectivity index (χ4n) is 1.41. The summed E-state index contributed by atoms with van der Waals surface area (Å²) in [6, 6.07) is -0.443. The molecule has 0 amide bonds. The van der Waals surface area contributed by atoms with E-state index in [1.165, 1.54) is 11.3 Å². The lowest BCUT2D eigenvalue weighted by atomic mass is 10.3. The lowest BCUT2D eigenvalue weighted by Crippen LogP contribution is -2.47. The molecular formula is C8H9BrN2O2S2. The number of nitrogens with zero attached hydrogens (tertiary/aromatic N) is 2. The zero-order valence-corrected chi connectivity index (χ0v) is 10.9. The largest absolute Gasteiger partial charge is 0.480 e. The monoisotopic (exact) mass is 308 g/mol. The molecule has 0 aliphatic carbocycles. The third kappa shape index (κ3) is 2.46. The minimum absolute atomic E-state index is 0.443. The second kappa shape index (κ2) is 4.71. The van der Waals surface area contributed by atoms with Crippen LogP contribution in [0.15, 0.2) is 9.98 Å². The van der Waals surface area contributed by atoms with Crippen LogP contribution in [0.3, 0.4) is 0 Å². The van der Waals surface area contributed by atoms with Gasteiger partial charge in [0.15, 0.2) is 5.13 Å². The first-order valence-electron chi connectivity index (χ1n) is 4.36. The molecule has 1 unspecified atom stereocenters. The predicted molar refractivity (Wildman–Crippen MR) is 65.9 cm³/mol. The number of aromatic nitrogens is 1. The van der Waals surface area contributed by atoms with Gasteiger partial charge in [0.05, 0.1) is 0 Å². The van der Waals surface area contributed by atoms with E-state index in [1.54, 1.807) is 11.8 Å². The molecule has 1 aromatic rings. The Bertz CT molecular complexity index is 371. The van der Waals surface area contributed by atoms with Gasteiger partial charge in [-0.15, -0.1) is 11.3 Å². The molecule has 1 atom stereocenters. The van der Waals surface area contributed by atoms with Crippen LogP contribution in [-0.2, 0) is 4.79 Å². The molecule has 1 saturated heterocycles. The third-order valence-electron chi connectivity index (χ3n) is 2.12. The summed E-state index contributed by atoms with van der Waals surface area (Å²) in [5.41, 5.74) is 0. The summed E-state index contributed by atoms with van der Waals surface area (Å²) < 4.78 is 0.768. The van der Waals surface area contributed by atoms with Crippen molar-refractivity contribution in [3.63, 3.8) is 0 Å². The highest BCUT2D eigenvalue weighted by Gasteiger charge is 2.30. The summed E-state index contributed by atoms with van der Waals surface area (Å²) in [5.74, 6) is 0.821. The Morgan fingerprint density at radius 2 is 2.53 bits per heavy atom. The Kier molecular flexibility index (Phi) is 3.53. The van der Waals surface area contributed by atoms with Crippen LogP contribution in [0.2, 0.25) is 0 Å². The third-order valence-corrected chi connectivity index (χ3v) is 4.73. The SMILES string of the molecule is O=C(O)C1CSCCN1c1nc(Br)cs1. The number of thiazole rings is 1. The fourth-order valence-corrected chi connectivity index (χ4v) is 3.78. The van der Waals surface area contributed by atoms with Crippen molar-refractivity contribution < 1.29 is 9.90 Å². The van der Waals surface area contributed by atoms with Gasteiger partial charge in [-0.2, -0.15) is 11.8 Å². The van der Waals surface area contributed by atoms with Crippen LogP contribution in [0.25, 0.3) is 0 Å². The lowest BCUT2D eigenvalue weighted by molar-refractivity contribution is -0.138. The van der Waals surface area contributed by atoms with Crippen LogP contribution in [-0.4, -0.2) is 40.2 Å². The minimum atomic E-state index is -0.770. The van der Waals surface area contributed by atoms with Crippen molar-refractivity contribution >= 4 is 50.1 Å². The van der Waals surface area contributed by atoms with Gasteiger partial charge < -0.3 is 10.0 Å². The van der Waals surface area contributed by atoms with E-state index in [-0.39, 0.29) is 0 Å². The topological polar surface area (TPSA) is 53.4 Å². The van der Waals surface area contributed by atoms with Crippen molar-refractivity contribution in [3.8, 4) is 0 Å². The minimum Gasteiger partial charge on any atom is -0.480 e. The fraction of sp³-hybridized carbons (Fsp3) is 0.500. The molecule has 1 fully saturated rings. The van der Waals surface area contributed by atoms with Crippen molar-refractivity contribution in [2.75, 3.05) is 23.0 Å². The van der Waals surface area contributed by atoms with Gasteiger partial charge in [0.2, 0.25) is 0 Å². The van der Waals surface area contributed by atoms with Crippen LogP contribution in [0, 0.1) is 0 Å². The highest BCUT2D eigenvalue weighted by Crippen LogP contribution is 2.28. The molecule has 0 spiro atoms. The molecule has 0 bridgehead atoms. The molecule has 82 valence electrons. The van der Waals surface area contributed by atoms with E-state index in [1.807, 2.05) is 10.3 Å². The number of anilines is 1. The zero-order chi connectivity index (χ0) is 10.8. The summed E-state index contributed by atoms with van der Waals surface area (Å²) in [5, 5.41) is 11.7. The summed E-state index contributed by atoms with van der Waals surface area (Å²) in [4.78, 5) is 17.2. The van der Waals surface area contributed by atoms with Gasteiger partial charge in [0, 0.05) is 23.4 Å². The quantitative estimate of drug-likeness (QED) is 0.904. The van der Waals surface area contributed by atoms with Gasteiger partial charge in [-0.3, -0.25) is 0 Å². The van der Waals surface area contributed by atoms with Crippen molar-refractivity contribution in [2.45, 2.75) is 6.04 Å². The van der Waals surface area contributed by atoms with Gasteiger partial charge in [-0.05, 0) is 15.9 Å². The van der Waals surface area contributed by atoms with Crippen LogP contribution in [0.4, 0.5) is 5.13 Å². The van der Waals surface area contributed by atoms with E-state index < -0.39 is 12.0 Å². The molecule has 1 aliphatic heterocycles. The van der Waals surface area contributed by atoms with E-state index in [9.17, 15) is 4.79 Å². The maximum Gasteiger partial charge on any atom is 0.327 e. The second-order valence-electron chi connectivity index (χ2n) is 3.08. The van der Waals surface area contributed by atoms with E-state index in [0.717, 1.165) is 22.0 Å². The van der Waals surface area contributed by atoms with Crippen LogP contribution < -0.4 is 4.90 Å². The van der Waals surface area contributed by atoms with E-state index in [0.29, 0.717) is 5.75 Å². The van der Waals surface area contributed by atoms with E-state index in [4.69, 9.17) is 5.11 Å². The number of hydrogen-bond acceptors (Lipinski definition) is 5. The van der Waals surface area contributed by atoms with Crippen molar-refractivity contribution in [1.29, 1.82) is 0 Å². The number of halogens is 1. The van der Waals surface area contributed by atoms with Gasteiger partial charge >= 0.3 is 5.97 Å². The van der Waals surface area contributed by atoms with Gasteiger partial charge in [-0.25, -0.2) is 9.78 Å². The Morgan fingerprint density at radius 3 is 3.13 bits per heavy atom. The van der Waals surface area contributed by atoms with Crippen molar-refractivity contribution in [3.05, 3.63) is 9.98 Å². The molecule has 4 nitrogen and oxygen atoms in total. The first-order valence-corrected chi connectivity index (χ1v) is 7.19. The lowest BCUT2D eigenvalue weighted by Gasteiger charge is -2.32. The summed E-state index contributed by atoms with van der Waals surface area (Å²) in [6.07, 6.45) is 0. The van der Waals surface area contributed by atoms with Crippen LogP contribution in [0.5, 0.6) is 0 Å². The van der Waals surface area contributed by atoms with Crippen molar-refractivity contribution in [1.82, 2.24) is 4.98 Å². The van der Waals surface area contributed by atoms with E-state index in [2.05, 4.69) is 20.9 Å². The van der Waals surface area contributed by atoms with Gasteiger partial charge in [-0.1, -0.05) is 0 Å². The highest BCUT2D eigenvalue weighted by molar-refractivity contribution is 9.10. The highest BCUT2D eigenvalue weighted by atomic mass is 79.9. The standard InChI is InChI=1S/C8H9BrN2O2S2/c9-6-4-15-8(10-6)11-1-2-14-3-5(11)7(12)13/h4-5H,1-3H2,(H,12,13). The van der Waals surface area contributed by atoms with E-state index >= 15 is 0 Å². The van der Waals surface area contributed by atoms with Gasteiger partial charge in [0.25, 0.3) is 0 Å². The summed E-state index contributed by atoms with van der Waals surface area (Å²) in [6.45, 7) is 0.752. The number of carboxylic acid groups (broad SMARTS) is 1. The summed E-state index contributed by atoms with van der Waals surface area (Å²) in [7, 11) is 0. The zero-order valence-electron chi connectivity index (χ0n) is 7.72. The molecule has 2 heterocycles. The Labute approximate surface area is 104 Å². The molecule has 0 saturated carbocycles. The maximum atomic E-state index is 11.1. The van der Waals surface area contributed by atoms with Crippen LogP contribution >= 0.6 is 39.0 Å². The average molecular weight is 309 g/mol. The summed E-state index contributed by atoms with van der Waals surface area (Å²) >= 11 is 6.43. The van der Waals surface area contributed by atoms with Crippen LogP contribution in [0.1, 0.15) is 0 Å². The predicted octanol–water partition coefficient (Wildman–Crippen LogP) is 1.91. The number of rotatable bonds is 2. The van der Waals surface area contributed by atoms with Crippen molar-refractivity contribution in [2.24, 2.45) is 0 Å². The number of carbonyl (C=O) groups is 1. The Morgan fingerprint density at radius 1 is 1.73 bits per heavy atom. The molecule has 0 aromatic carbocycles. The number of hydrogen-bond donors (Lipinski definition) is 1. The number of thioether (sulfide) groups is 1. The molecule has 1 aromatic heterocycles. The molecule has 7 heteroatoms. The Balaban J connectivity index is 2.21. The van der Waals surface area contributed by atoms with Gasteiger partial charge in [0.1, 0.15) is 10.6 Å². The molecule has 1 N–H and O–H groups in total. The Hall–Kier alpha value is -0.270. The first kappa shape index (κ1) is 11.2. The molecule has 1 aliphatic rings. The molecule has 15 heavy (non-hydrogen) atoms. The molecule has 0 radical (unpaired) electrons. The normalized spacial score (nSPS) is 21.7. The second-order valence-corrected chi connectivity index (χ2v) is 5.87. The molecular weight excluding hydrogens is 300 g/mol. The first-order chi connectivity index (χ1) is 7.18. The molecule has 2 rings (SSSR count). The number of aliphatic carboxylic acids is 1. The maximum absolute atomic E-state index is 11.1.